The van der Waals surface area contributed by atoms with E-state index in [9.17, 15) is 9.59 Å². The molecule has 2 fully saturated rings. The van der Waals surface area contributed by atoms with Crippen molar-refractivity contribution in [2.75, 3.05) is 36.9 Å². The molecule has 2 saturated heterocycles. The maximum Gasteiger partial charge on any atom is 0.410 e. The van der Waals surface area contributed by atoms with Gasteiger partial charge in [0.1, 0.15) is 10.6 Å². The molecule has 4 heterocycles. The van der Waals surface area contributed by atoms with Crippen LogP contribution in [0.2, 0.25) is 5.02 Å². The molecular formula is C25H32ClN7O4. The maximum absolute atomic E-state index is 13.2. The second kappa shape index (κ2) is 9.53. The number of hydrogen-bond acceptors (Lipinski definition) is 8. The van der Waals surface area contributed by atoms with Crippen LogP contribution in [0.3, 0.4) is 0 Å². The summed E-state index contributed by atoms with van der Waals surface area (Å²) >= 11 is 6.46. The Kier molecular flexibility index (Phi) is 6.53. The van der Waals surface area contributed by atoms with Gasteiger partial charge >= 0.3 is 11.8 Å². The summed E-state index contributed by atoms with van der Waals surface area (Å²) < 4.78 is 14.8. The number of carbonyl (C=O) groups excluding carboxylic acids is 1. The molecular weight excluding hydrogens is 498 g/mol. The lowest BCUT2D eigenvalue weighted by Gasteiger charge is -2.35. The molecule has 11 nitrogen and oxygen atoms in total. The van der Waals surface area contributed by atoms with E-state index in [1.54, 1.807) is 29.4 Å². The predicted molar refractivity (Wildman–Crippen MR) is 142 cm³/mol. The second-order valence-electron chi connectivity index (χ2n) is 10.0. The summed E-state index contributed by atoms with van der Waals surface area (Å²) in [6, 6.07) is 5.64. The van der Waals surface area contributed by atoms with E-state index in [4.69, 9.17) is 21.1 Å². The Labute approximate surface area is 219 Å². The first-order valence-corrected chi connectivity index (χ1v) is 12.8. The number of benzene rings is 1. The van der Waals surface area contributed by atoms with E-state index in [1.807, 2.05) is 39.0 Å². The number of carbonyl (C=O) groups is 1. The number of cyclic esters (lactones) is 1. The van der Waals surface area contributed by atoms with E-state index in [0.29, 0.717) is 48.5 Å². The van der Waals surface area contributed by atoms with Gasteiger partial charge in [-0.2, -0.15) is 4.98 Å². The zero-order valence-electron chi connectivity index (χ0n) is 21.7. The number of likely N-dealkylation sites (N-methyl/N-ethyl adjacent to an activating group) is 1. The first kappa shape index (κ1) is 25.3. The number of nitrogens with one attached hydrogen (secondary N) is 1. The van der Waals surface area contributed by atoms with E-state index in [-0.39, 0.29) is 30.5 Å². The zero-order valence-corrected chi connectivity index (χ0v) is 22.4. The lowest BCUT2D eigenvalue weighted by atomic mass is 10.0. The smallest absolute Gasteiger partial charge is 0.410 e. The third-order valence-corrected chi connectivity index (χ3v) is 7.35. The van der Waals surface area contributed by atoms with Gasteiger partial charge in [-0.15, -0.1) is 0 Å². The Hall–Kier alpha value is -3.31. The van der Waals surface area contributed by atoms with Crippen LogP contribution in [0.4, 0.5) is 22.2 Å². The molecule has 1 amide bonds. The number of fused-ring (bicyclic) bond motifs is 1. The number of nitrogens with zero attached hydrogens (tertiary/aromatic N) is 6. The highest BCUT2D eigenvalue weighted by Gasteiger charge is 2.43. The molecule has 2 aliphatic heterocycles. The molecule has 5 rings (SSSR count). The first-order chi connectivity index (χ1) is 17.6. The Balaban J connectivity index is 1.47. The maximum atomic E-state index is 13.2. The van der Waals surface area contributed by atoms with Crippen LogP contribution in [0.5, 0.6) is 0 Å². The van der Waals surface area contributed by atoms with Crippen molar-refractivity contribution in [1.82, 2.24) is 24.0 Å². The Morgan fingerprint density at radius 2 is 1.89 bits per heavy atom. The molecule has 0 bridgehead atoms. The van der Waals surface area contributed by atoms with Gasteiger partial charge in [0, 0.05) is 32.9 Å². The van der Waals surface area contributed by atoms with Crippen LogP contribution in [0.1, 0.15) is 27.2 Å². The van der Waals surface area contributed by atoms with Gasteiger partial charge in [-0.1, -0.05) is 18.5 Å². The summed E-state index contributed by atoms with van der Waals surface area (Å²) in [5.74, 6) is 1.04. The van der Waals surface area contributed by atoms with Gasteiger partial charge < -0.3 is 24.6 Å². The predicted octanol–water partition coefficient (Wildman–Crippen LogP) is 3.37. The van der Waals surface area contributed by atoms with Crippen LogP contribution < -0.4 is 15.9 Å². The fourth-order valence-electron chi connectivity index (χ4n) is 5.18. The number of amides is 1. The van der Waals surface area contributed by atoms with Gasteiger partial charge in [-0.25, -0.2) is 14.6 Å². The molecule has 2 aliphatic rings. The molecule has 12 heteroatoms. The molecule has 1 aromatic carbocycles. The van der Waals surface area contributed by atoms with E-state index in [1.165, 1.54) is 4.90 Å². The number of anilines is 3. The monoisotopic (exact) mass is 529 g/mol. The van der Waals surface area contributed by atoms with Crippen molar-refractivity contribution in [1.29, 1.82) is 0 Å². The quantitative estimate of drug-likeness (QED) is 0.518. The minimum Gasteiger partial charge on any atom is -0.439 e. The zero-order chi connectivity index (χ0) is 26.5. The third kappa shape index (κ3) is 4.73. The largest absolute Gasteiger partial charge is 0.439 e. The normalized spacial score (nSPS) is 24.1. The van der Waals surface area contributed by atoms with E-state index in [2.05, 4.69) is 20.2 Å². The summed E-state index contributed by atoms with van der Waals surface area (Å²) in [4.78, 5) is 38.1. The van der Waals surface area contributed by atoms with Crippen molar-refractivity contribution in [3.63, 3.8) is 0 Å². The van der Waals surface area contributed by atoms with Crippen molar-refractivity contribution in [3.05, 3.63) is 39.9 Å². The van der Waals surface area contributed by atoms with E-state index >= 15 is 0 Å². The minimum absolute atomic E-state index is 0.0713. The van der Waals surface area contributed by atoms with Crippen molar-refractivity contribution in [2.24, 2.45) is 7.05 Å². The van der Waals surface area contributed by atoms with Gasteiger partial charge in [0.15, 0.2) is 5.82 Å². The van der Waals surface area contributed by atoms with Crippen molar-refractivity contribution >= 4 is 46.2 Å². The van der Waals surface area contributed by atoms with Crippen LogP contribution >= 0.6 is 11.6 Å². The molecule has 3 aromatic rings. The molecule has 0 radical (unpaired) electrons. The summed E-state index contributed by atoms with van der Waals surface area (Å²) in [7, 11) is 3.43. The number of hydrogen-bond donors (Lipinski definition) is 1. The molecule has 0 aliphatic carbocycles. The van der Waals surface area contributed by atoms with Gasteiger partial charge in [-0.3, -0.25) is 9.13 Å². The Morgan fingerprint density at radius 1 is 1.16 bits per heavy atom. The Bertz CT molecular complexity index is 1400. The van der Waals surface area contributed by atoms with Crippen molar-refractivity contribution < 1.29 is 14.3 Å². The highest BCUT2D eigenvalue weighted by Crippen LogP contribution is 2.31. The standard InChI is InChI=1S/C25H32ClN7O4/c1-6-25(13-30(4)24(35)37-25)14-33-20-9-17(7-8-19(20)31(5)23(33)34)28-21-18(26)10-27-22(29-21)32-11-15(2)36-16(3)12-32/h7-10,15-16H,6,11-14H2,1-5H3,(H,27,28,29)/t15-,16+,25?. The molecule has 198 valence electrons. The number of aryl methyl sites for hydroxylation is 1. The van der Waals surface area contributed by atoms with Crippen molar-refractivity contribution in [2.45, 2.75) is 51.5 Å². The van der Waals surface area contributed by atoms with Gasteiger partial charge in [-0.05, 0) is 38.5 Å². The van der Waals surface area contributed by atoms with E-state index in [0.717, 1.165) is 11.0 Å². The third-order valence-electron chi connectivity index (χ3n) is 7.07. The van der Waals surface area contributed by atoms with Crippen LogP contribution in [0.25, 0.3) is 11.0 Å². The topological polar surface area (TPSA) is 107 Å². The fraction of sp³-hybridized carbons (Fsp3) is 0.520. The summed E-state index contributed by atoms with van der Waals surface area (Å²) in [5.41, 5.74) is 1.25. The average Bonchev–Trinajstić information content (AvgIpc) is 3.27. The SMILES string of the molecule is CCC1(Cn2c(=O)n(C)c3ccc(Nc4nc(N5C[C@@H](C)O[C@@H](C)C5)ncc4Cl)cc32)CN(C)C(=O)O1. The summed E-state index contributed by atoms with van der Waals surface area (Å²) in [6.45, 7) is 8.06. The second-order valence-corrected chi connectivity index (χ2v) is 10.5. The minimum atomic E-state index is -0.773. The van der Waals surface area contributed by atoms with Crippen molar-refractivity contribution in [3.8, 4) is 0 Å². The highest BCUT2D eigenvalue weighted by atomic mass is 35.5. The van der Waals surface area contributed by atoms with Gasteiger partial charge in [0.2, 0.25) is 5.95 Å². The average molecular weight is 530 g/mol. The number of rotatable bonds is 6. The Morgan fingerprint density at radius 3 is 2.54 bits per heavy atom. The highest BCUT2D eigenvalue weighted by molar-refractivity contribution is 6.32. The molecule has 2 aromatic heterocycles. The number of ether oxygens (including phenoxy) is 2. The van der Waals surface area contributed by atoms with Gasteiger partial charge in [0.25, 0.3) is 0 Å². The number of halogens is 1. The van der Waals surface area contributed by atoms with E-state index < -0.39 is 5.60 Å². The molecule has 0 saturated carbocycles. The summed E-state index contributed by atoms with van der Waals surface area (Å²) in [6.07, 6.45) is 1.94. The number of aromatic nitrogens is 4. The fourth-order valence-corrected chi connectivity index (χ4v) is 5.31. The number of morpholine rings is 1. The molecule has 1 unspecified atom stereocenters. The molecule has 3 atom stereocenters. The summed E-state index contributed by atoms with van der Waals surface area (Å²) in [5, 5.41) is 3.68. The van der Waals surface area contributed by atoms with Crippen LogP contribution in [0.15, 0.2) is 29.2 Å². The van der Waals surface area contributed by atoms with Crippen LogP contribution in [-0.4, -0.2) is 74.6 Å². The van der Waals surface area contributed by atoms with Crippen LogP contribution in [-0.2, 0) is 23.1 Å². The molecule has 1 N–H and O–H groups in total. The lowest BCUT2D eigenvalue weighted by molar-refractivity contribution is -0.00571. The molecule has 37 heavy (non-hydrogen) atoms. The molecule has 0 spiro atoms. The number of imidazole rings is 1. The lowest BCUT2D eigenvalue weighted by Crippen LogP contribution is -2.46. The van der Waals surface area contributed by atoms with Gasteiger partial charge in [0.05, 0.1) is 42.5 Å². The first-order valence-electron chi connectivity index (χ1n) is 12.4. The van der Waals surface area contributed by atoms with Crippen LogP contribution in [0, 0.1) is 0 Å².